The molecule has 21 unspecified atom stereocenters. The molecule has 2 heterocycles. The first-order valence-electron chi connectivity index (χ1n) is 21.0. The van der Waals surface area contributed by atoms with Crippen LogP contribution in [-0.4, -0.2) is 150 Å². The third-order valence-electron chi connectivity index (χ3n) is 17.4. The minimum Gasteiger partial charge on any atom is -0.481 e. The largest absolute Gasteiger partial charge is 0.481 e. The van der Waals surface area contributed by atoms with E-state index in [0.717, 1.165) is 19.3 Å². The van der Waals surface area contributed by atoms with Crippen LogP contribution in [0.25, 0.3) is 0 Å². The molecule has 21 atom stereocenters. The number of allylic oxidation sites excluding steroid dienone is 2. The van der Waals surface area contributed by atoms with Gasteiger partial charge in [-0.15, -0.1) is 0 Å². The summed E-state index contributed by atoms with van der Waals surface area (Å²) in [6, 6.07) is 0. The first-order valence-corrected chi connectivity index (χ1v) is 21.0. The van der Waals surface area contributed by atoms with E-state index in [0.29, 0.717) is 19.3 Å². The average Bonchev–Trinajstić information content (AvgIpc) is 3.14. The van der Waals surface area contributed by atoms with Gasteiger partial charge >= 0.3 is 5.97 Å². The van der Waals surface area contributed by atoms with E-state index < -0.39 is 132 Å². The second-order valence-electron chi connectivity index (χ2n) is 20.9. The highest BCUT2D eigenvalue weighted by Crippen LogP contribution is 2.76. The van der Waals surface area contributed by atoms with Crippen molar-refractivity contribution in [3.63, 3.8) is 0 Å². The maximum Gasteiger partial charge on any atom is 0.312 e. The van der Waals surface area contributed by atoms with Crippen molar-refractivity contribution in [3.05, 3.63) is 11.6 Å². The third-order valence-corrected chi connectivity index (χ3v) is 17.4. The van der Waals surface area contributed by atoms with Crippen LogP contribution in [0.1, 0.15) is 99.8 Å². The second-order valence-corrected chi connectivity index (χ2v) is 20.9. The molecule has 2 saturated heterocycles. The number of fused-ring (bicyclic) bond motifs is 7. The fourth-order valence-corrected chi connectivity index (χ4v) is 13.7. The van der Waals surface area contributed by atoms with E-state index in [4.69, 9.17) is 18.9 Å². The summed E-state index contributed by atoms with van der Waals surface area (Å²) >= 11 is 0. The first kappa shape index (κ1) is 43.8. The molecule has 10 N–H and O–H groups in total. The van der Waals surface area contributed by atoms with Gasteiger partial charge < -0.3 is 70.0 Å². The van der Waals surface area contributed by atoms with E-state index in [9.17, 15) is 55.9 Å². The molecular weight excluding hydrogens is 744 g/mol. The van der Waals surface area contributed by atoms with Crippen LogP contribution in [0.15, 0.2) is 11.6 Å². The number of carboxylic acid groups (broad SMARTS) is 1. The van der Waals surface area contributed by atoms with Gasteiger partial charge in [0, 0.05) is 11.3 Å². The van der Waals surface area contributed by atoms with Gasteiger partial charge in [0.25, 0.3) is 0 Å². The van der Waals surface area contributed by atoms with Crippen molar-refractivity contribution >= 4 is 5.97 Å². The number of aliphatic carboxylic acids is 1. The van der Waals surface area contributed by atoms with E-state index in [-0.39, 0.29) is 30.1 Å². The molecule has 15 heteroatoms. The number of rotatable bonds is 7. The summed E-state index contributed by atoms with van der Waals surface area (Å²) in [5, 5.41) is 107. The number of aliphatic hydroxyl groups excluding tert-OH is 9. The molecule has 2 aliphatic heterocycles. The Labute approximate surface area is 335 Å². The number of hydrogen-bond acceptors (Lipinski definition) is 14. The van der Waals surface area contributed by atoms with Gasteiger partial charge in [-0.25, -0.2) is 0 Å². The number of carboxylic acids is 1. The average molecular weight is 813 g/mol. The summed E-state index contributed by atoms with van der Waals surface area (Å²) in [6.07, 6.45) is -10.4. The molecule has 0 aromatic rings. The molecule has 7 rings (SSSR count). The number of carbonyl (C=O) groups is 1. The van der Waals surface area contributed by atoms with Crippen LogP contribution in [0.3, 0.4) is 0 Å². The van der Waals surface area contributed by atoms with Gasteiger partial charge in [-0.1, -0.05) is 53.2 Å². The highest BCUT2D eigenvalue weighted by Gasteiger charge is 2.73. The van der Waals surface area contributed by atoms with E-state index >= 15 is 0 Å². The fraction of sp³-hybridized carbons (Fsp3) is 0.929. The van der Waals surface area contributed by atoms with Crippen molar-refractivity contribution < 1.29 is 74.8 Å². The summed E-state index contributed by atoms with van der Waals surface area (Å²) < 4.78 is 24.6. The SMILES string of the molecule is CC1(C)CCC2(C)C(OC3OC(CO)C(O)C(O)C3O)CC3(C)C(=CCC4C5(C)CCC(OC6OC(CO)C(O)C(O)C6O)C(C)(C(=O)O)C5C(O)CC43C)C2C1. The Morgan fingerprint density at radius 3 is 1.77 bits per heavy atom. The molecule has 0 amide bonds. The van der Waals surface area contributed by atoms with E-state index in [1.807, 2.05) is 0 Å². The Morgan fingerprint density at radius 2 is 1.25 bits per heavy atom. The summed E-state index contributed by atoms with van der Waals surface area (Å²) in [6.45, 7) is 13.6. The number of ether oxygens (including phenoxy) is 4. The third kappa shape index (κ3) is 6.35. The molecule has 6 fully saturated rings. The Morgan fingerprint density at radius 1 is 0.702 bits per heavy atom. The van der Waals surface area contributed by atoms with Gasteiger partial charge in [0.2, 0.25) is 0 Å². The summed E-state index contributed by atoms with van der Waals surface area (Å²) in [5.41, 5.74) is -2.63. The monoisotopic (exact) mass is 812 g/mol. The number of hydrogen-bond donors (Lipinski definition) is 10. The summed E-state index contributed by atoms with van der Waals surface area (Å²) in [5.74, 6) is -2.03. The lowest BCUT2D eigenvalue weighted by Gasteiger charge is -2.72. The quantitative estimate of drug-likeness (QED) is 0.126. The van der Waals surface area contributed by atoms with Crippen LogP contribution in [-0.2, 0) is 23.7 Å². The van der Waals surface area contributed by atoms with Crippen molar-refractivity contribution in [1.29, 1.82) is 0 Å². The molecule has 0 spiro atoms. The molecule has 0 bridgehead atoms. The molecule has 57 heavy (non-hydrogen) atoms. The summed E-state index contributed by atoms with van der Waals surface area (Å²) in [7, 11) is 0. The van der Waals surface area contributed by atoms with Crippen LogP contribution in [0.5, 0.6) is 0 Å². The minimum absolute atomic E-state index is 0.0144. The second kappa shape index (κ2) is 14.7. The first-order chi connectivity index (χ1) is 26.4. The van der Waals surface area contributed by atoms with Crippen LogP contribution >= 0.6 is 0 Å². The Hall–Kier alpha value is -1.31. The Kier molecular flexibility index (Phi) is 11.3. The molecule has 4 saturated carbocycles. The maximum absolute atomic E-state index is 13.6. The van der Waals surface area contributed by atoms with Crippen molar-refractivity contribution in [1.82, 2.24) is 0 Å². The lowest BCUT2D eigenvalue weighted by molar-refractivity contribution is -0.337. The van der Waals surface area contributed by atoms with E-state index in [1.54, 1.807) is 6.92 Å². The van der Waals surface area contributed by atoms with Gasteiger partial charge in [-0.05, 0) is 91.8 Å². The topological polar surface area (TPSA) is 256 Å². The van der Waals surface area contributed by atoms with E-state index in [1.165, 1.54) is 5.57 Å². The lowest BCUT2D eigenvalue weighted by atomic mass is 9.32. The predicted molar refractivity (Wildman–Crippen MR) is 201 cm³/mol. The van der Waals surface area contributed by atoms with Crippen LogP contribution in [0.2, 0.25) is 0 Å². The Bertz CT molecular complexity index is 1550. The normalized spacial score (nSPS) is 56.0. The molecule has 0 aromatic carbocycles. The van der Waals surface area contributed by atoms with Gasteiger partial charge in [-0.3, -0.25) is 4.79 Å². The standard InChI is InChI=1S/C42H68O15/c1-37(2)12-13-38(3)20(14-37)19-8-9-24-39(4)11-10-25(56-34-31(50)29(48)27(46)22(17-43)54-34)42(7,36(52)53)33(39)21(45)15-41(24,6)40(19,5)16-26(38)57-35-32(51)30(49)28(47)23(18-44)55-35/h8,20-35,43-51H,9-18H2,1-7H3,(H,52,53). The van der Waals surface area contributed by atoms with Crippen LogP contribution < -0.4 is 0 Å². The highest BCUT2D eigenvalue weighted by atomic mass is 16.7. The van der Waals surface area contributed by atoms with Crippen LogP contribution in [0, 0.1) is 50.2 Å². The maximum atomic E-state index is 13.6. The summed E-state index contributed by atoms with van der Waals surface area (Å²) in [4.78, 5) is 13.6. The number of aliphatic hydroxyl groups is 9. The zero-order valence-electron chi connectivity index (χ0n) is 34.4. The molecule has 5 aliphatic carbocycles. The zero-order chi connectivity index (χ0) is 42.0. The zero-order valence-corrected chi connectivity index (χ0v) is 34.4. The molecule has 15 nitrogen and oxygen atoms in total. The minimum atomic E-state index is -1.71. The molecule has 7 aliphatic rings. The molecular formula is C42H68O15. The predicted octanol–water partition coefficient (Wildman–Crippen LogP) is 0.824. The molecule has 326 valence electrons. The molecule has 0 aromatic heterocycles. The molecule has 0 radical (unpaired) electrons. The Balaban J connectivity index is 1.25. The van der Waals surface area contributed by atoms with Crippen LogP contribution in [0.4, 0.5) is 0 Å². The smallest absolute Gasteiger partial charge is 0.312 e. The van der Waals surface area contributed by atoms with Crippen molar-refractivity contribution in [2.75, 3.05) is 13.2 Å². The van der Waals surface area contributed by atoms with Gasteiger partial charge in [0.05, 0.1) is 36.9 Å². The van der Waals surface area contributed by atoms with Crippen molar-refractivity contribution in [2.24, 2.45) is 50.2 Å². The fourth-order valence-electron chi connectivity index (χ4n) is 13.7. The van der Waals surface area contributed by atoms with Crippen molar-refractivity contribution in [3.8, 4) is 0 Å². The van der Waals surface area contributed by atoms with Gasteiger partial charge in [0.1, 0.15) is 48.8 Å². The van der Waals surface area contributed by atoms with Gasteiger partial charge in [-0.2, -0.15) is 0 Å². The van der Waals surface area contributed by atoms with E-state index in [2.05, 4.69) is 47.6 Å². The van der Waals surface area contributed by atoms with Crippen molar-refractivity contribution in [2.45, 2.75) is 180 Å². The lowest BCUT2D eigenvalue weighted by Crippen LogP contribution is -2.71. The highest BCUT2D eigenvalue weighted by molar-refractivity contribution is 5.76. The van der Waals surface area contributed by atoms with Gasteiger partial charge in [0.15, 0.2) is 12.6 Å².